The van der Waals surface area contributed by atoms with E-state index in [1.54, 1.807) is 0 Å². The molecule has 5 nitrogen and oxygen atoms in total. The van der Waals surface area contributed by atoms with Crippen molar-refractivity contribution < 1.29 is 14.3 Å². The zero-order valence-electron chi connectivity index (χ0n) is 12.8. The van der Waals surface area contributed by atoms with Crippen molar-refractivity contribution in [3.05, 3.63) is 42.0 Å². The molecule has 21 heavy (non-hydrogen) atoms. The van der Waals surface area contributed by atoms with Crippen LogP contribution in [0.5, 0.6) is 0 Å². The maximum Gasteiger partial charge on any atom is 0.424 e. The third-order valence-corrected chi connectivity index (χ3v) is 3.66. The fraction of sp³-hybridized carbons (Fsp3) is 0.438. The van der Waals surface area contributed by atoms with E-state index < -0.39 is 11.6 Å². The molecule has 1 atom stereocenters. The first-order valence-electron chi connectivity index (χ1n) is 6.92. The molecule has 1 aromatic rings. The summed E-state index contributed by atoms with van der Waals surface area (Å²) in [5.74, 6) is 5.96. The van der Waals surface area contributed by atoms with Gasteiger partial charge in [0.05, 0.1) is 12.1 Å². The van der Waals surface area contributed by atoms with Crippen molar-refractivity contribution in [3.8, 4) is 0 Å². The average Bonchev–Trinajstić information content (AvgIpc) is 3.28. The molecule has 5 heteroatoms. The Morgan fingerprint density at radius 3 is 2.81 bits per heavy atom. The molecule has 1 unspecified atom stereocenters. The van der Waals surface area contributed by atoms with Crippen molar-refractivity contribution in [2.75, 3.05) is 13.2 Å². The number of amides is 1. The summed E-state index contributed by atoms with van der Waals surface area (Å²) in [6.45, 7) is 10.5. The van der Waals surface area contributed by atoms with Crippen molar-refractivity contribution in [1.29, 1.82) is 0 Å². The molecule has 0 aliphatic carbocycles. The second kappa shape index (κ2) is 5.87. The lowest BCUT2D eigenvalue weighted by Gasteiger charge is -2.34. The van der Waals surface area contributed by atoms with Gasteiger partial charge in [-0.1, -0.05) is 30.4 Å². The van der Waals surface area contributed by atoms with Gasteiger partial charge in [-0.15, -0.1) is 0 Å². The summed E-state index contributed by atoms with van der Waals surface area (Å²) in [7, 11) is 0. The van der Waals surface area contributed by atoms with Gasteiger partial charge in [-0.3, -0.25) is 0 Å². The molecule has 1 heterocycles. The molecule has 1 aliphatic rings. The Balaban J connectivity index is 2.12. The maximum atomic E-state index is 12.0. The van der Waals surface area contributed by atoms with Gasteiger partial charge >= 0.3 is 6.09 Å². The Kier molecular flexibility index (Phi) is 4.34. The van der Waals surface area contributed by atoms with Crippen LogP contribution in [0.1, 0.15) is 31.9 Å². The predicted molar refractivity (Wildman–Crippen MR) is 81.3 cm³/mol. The second-order valence-corrected chi connectivity index (χ2v) is 5.82. The monoisotopic (exact) mass is 290 g/mol. The first-order valence-corrected chi connectivity index (χ1v) is 6.92. The van der Waals surface area contributed by atoms with Gasteiger partial charge in [0.25, 0.3) is 0 Å². The molecule has 1 amide bonds. The molecule has 114 valence electrons. The van der Waals surface area contributed by atoms with E-state index in [1.165, 1.54) is 0 Å². The molecule has 1 aliphatic heterocycles. The molecule has 2 N–H and O–H groups in total. The quantitative estimate of drug-likeness (QED) is 0.392. The number of carbonyl (C=O) groups excluding carboxylic acids is 1. The largest absolute Gasteiger partial charge is 0.446 e. The van der Waals surface area contributed by atoms with Crippen molar-refractivity contribution >= 4 is 11.7 Å². The number of ether oxygens (including phenoxy) is 2. The summed E-state index contributed by atoms with van der Waals surface area (Å²) >= 11 is 0. The van der Waals surface area contributed by atoms with E-state index in [4.69, 9.17) is 15.3 Å². The van der Waals surface area contributed by atoms with E-state index in [2.05, 4.69) is 6.58 Å². The number of rotatable bonds is 5. The molecule has 1 aromatic carbocycles. The number of hydrogen-bond acceptors (Lipinski definition) is 4. The number of benzene rings is 1. The topological polar surface area (TPSA) is 68.1 Å². The van der Waals surface area contributed by atoms with Crippen LogP contribution in [0.3, 0.4) is 0 Å². The van der Waals surface area contributed by atoms with Gasteiger partial charge in [0, 0.05) is 0 Å². The molecule has 1 saturated heterocycles. The minimum atomic E-state index is -0.688. The normalized spacial score (nSPS) is 17.2. The molecule has 0 bridgehead atoms. The average molecular weight is 290 g/mol. The van der Waals surface area contributed by atoms with Gasteiger partial charge in [0.1, 0.15) is 12.7 Å². The minimum Gasteiger partial charge on any atom is -0.446 e. The van der Waals surface area contributed by atoms with Gasteiger partial charge in [-0.2, -0.15) is 0 Å². The van der Waals surface area contributed by atoms with Crippen LogP contribution in [0.4, 0.5) is 4.79 Å². The molecule has 0 saturated carbocycles. The molecule has 0 radical (unpaired) electrons. The second-order valence-electron chi connectivity index (χ2n) is 5.82. The van der Waals surface area contributed by atoms with Crippen LogP contribution in [0.2, 0.25) is 0 Å². The van der Waals surface area contributed by atoms with Crippen molar-refractivity contribution in [1.82, 2.24) is 5.01 Å². The van der Waals surface area contributed by atoms with Crippen LogP contribution in [0, 0.1) is 0 Å². The van der Waals surface area contributed by atoms with E-state index >= 15 is 0 Å². The summed E-state index contributed by atoms with van der Waals surface area (Å²) in [5, 5.41) is 1.12. The molecule has 0 aromatic heterocycles. The fourth-order valence-corrected chi connectivity index (χ4v) is 1.93. The third-order valence-electron chi connectivity index (χ3n) is 3.66. The number of hydrogen-bond donors (Lipinski definition) is 1. The number of hydrazine groups is 1. The smallest absolute Gasteiger partial charge is 0.424 e. The van der Waals surface area contributed by atoms with E-state index in [1.807, 2.05) is 45.0 Å². The van der Waals surface area contributed by atoms with E-state index in [9.17, 15) is 4.79 Å². The van der Waals surface area contributed by atoms with Crippen LogP contribution in [0.15, 0.2) is 30.8 Å². The SMILES string of the molecule is C=C(C)c1cccc(C(C)(C)N(N)C(=O)OCC2CO2)c1. The van der Waals surface area contributed by atoms with E-state index in [0.717, 1.165) is 21.7 Å². The predicted octanol–water partition coefficient (Wildman–Crippen LogP) is 2.67. The highest BCUT2D eigenvalue weighted by Crippen LogP contribution is 2.28. The lowest BCUT2D eigenvalue weighted by Crippen LogP contribution is -2.50. The summed E-state index contributed by atoms with van der Waals surface area (Å²) in [6.07, 6.45) is -0.534. The molecule has 1 fully saturated rings. The van der Waals surface area contributed by atoms with Gasteiger partial charge in [0.2, 0.25) is 0 Å². The van der Waals surface area contributed by atoms with Crippen LogP contribution in [-0.4, -0.2) is 30.4 Å². The van der Waals surface area contributed by atoms with Gasteiger partial charge in [0.15, 0.2) is 0 Å². The Hall–Kier alpha value is -1.85. The van der Waals surface area contributed by atoms with E-state index in [0.29, 0.717) is 6.61 Å². The number of carbonyl (C=O) groups is 1. The van der Waals surface area contributed by atoms with E-state index in [-0.39, 0.29) is 12.7 Å². The fourth-order valence-electron chi connectivity index (χ4n) is 1.93. The third kappa shape index (κ3) is 3.62. The summed E-state index contributed by atoms with van der Waals surface area (Å²) in [4.78, 5) is 12.0. The first-order chi connectivity index (χ1) is 9.82. The minimum absolute atomic E-state index is 0.0252. The van der Waals surface area contributed by atoms with Crippen molar-refractivity contribution in [2.45, 2.75) is 32.4 Å². The van der Waals surface area contributed by atoms with Crippen molar-refractivity contribution in [2.24, 2.45) is 5.84 Å². The highest BCUT2D eigenvalue weighted by atomic mass is 16.6. The zero-order chi connectivity index (χ0) is 15.6. The Bertz CT molecular complexity index is 550. The molecule has 0 spiro atoms. The Morgan fingerprint density at radius 1 is 1.57 bits per heavy atom. The van der Waals surface area contributed by atoms with Gasteiger partial charge in [-0.25, -0.2) is 15.6 Å². The summed E-state index contributed by atoms with van der Waals surface area (Å²) in [6, 6.07) is 7.83. The highest BCUT2D eigenvalue weighted by molar-refractivity contribution is 5.69. The highest BCUT2D eigenvalue weighted by Gasteiger charge is 2.33. The Morgan fingerprint density at radius 2 is 2.24 bits per heavy atom. The summed E-state index contributed by atoms with van der Waals surface area (Å²) in [5.41, 5.74) is 2.22. The lowest BCUT2D eigenvalue weighted by molar-refractivity contribution is 0.0561. The molecular formula is C16H22N2O3. The standard InChI is InChI=1S/C16H22N2O3/c1-11(2)12-6-5-7-13(8-12)16(3,4)18(17)15(19)21-10-14-9-20-14/h5-8,14H,1,9-10,17H2,2-4H3. The summed E-state index contributed by atoms with van der Waals surface area (Å²) < 4.78 is 10.1. The number of epoxide rings is 1. The van der Waals surface area contributed by atoms with Crippen LogP contribution in [0.25, 0.3) is 5.57 Å². The van der Waals surface area contributed by atoms with Crippen LogP contribution in [-0.2, 0) is 15.0 Å². The van der Waals surface area contributed by atoms with Crippen molar-refractivity contribution in [3.63, 3.8) is 0 Å². The maximum absolute atomic E-state index is 12.0. The Labute approximate surface area is 125 Å². The molecular weight excluding hydrogens is 268 g/mol. The van der Waals surface area contributed by atoms with Gasteiger partial charge in [-0.05, 0) is 38.0 Å². The van der Waals surface area contributed by atoms with Crippen LogP contribution >= 0.6 is 0 Å². The number of nitrogens with two attached hydrogens (primary N) is 1. The first kappa shape index (κ1) is 15.5. The van der Waals surface area contributed by atoms with Crippen LogP contribution < -0.4 is 5.84 Å². The lowest BCUT2D eigenvalue weighted by atomic mass is 9.91. The molecule has 2 rings (SSSR count). The zero-order valence-corrected chi connectivity index (χ0v) is 12.8. The number of allylic oxidation sites excluding steroid dienone is 1. The number of nitrogens with zero attached hydrogens (tertiary/aromatic N) is 1. The van der Waals surface area contributed by atoms with Gasteiger partial charge < -0.3 is 9.47 Å².